The van der Waals surface area contributed by atoms with E-state index >= 15 is 0 Å². The van der Waals surface area contributed by atoms with Crippen LogP contribution in [0, 0.1) is 6.92 Å². The van der Waals surface area contributed by atoms with E-state index in [1.54, 1.807) is 0 Å². The normalized spacial score (nSPS) is 11.6. The Morgan fingerprint density at radius 2 is 1.46 bits per heavy atom. The summed E-state index contributed by atoms with van der Waals surface area (Å²) >= 11 is 0. The first-order chi connectivity index (χ1) is 17.3. The smallest absolute Gasteiger partial charge is 0.227 e. The first-order valence-electron chi connectivity index (χ1n) is 11.6. The van der Waals surface area contributed by atoms with E-state index < -0.39 is 0 Å². The molecule has 7 rings (SSSR count). The lowest BCUT2D eigenvalue weighted by atomic mass is 10.1. The Morgan fingerprint density at radius 3 is 2.29 bits per heavy atom. The maximum absolute atomic E-state index is 6.31. The molecule has 0 aliphatic carbocycles. The number of furan rings is 1. The first-order valence-corrected chi connectivity index (χ1v) is 11.6. The number of hydrogen-bond donors (Lipinski definition) is 0. The molecule has 4 aromatic heterocycles. The molecule has 0 atom stereocenters. The summed E-state index contributed by atoms with van der Waals surface area (Å²) in [6.07, 6.45) is 0. The van der Waals surface area contributed by atoms with Gasteiger partial charge in [-0.15, -0.1) is 0 Å². The number of nitrogens with zero attached hydrogens (tertiary/aromatic N) is 4. The Hall–Kier alpha value is -4.77. The van der Waals surface area contributed by atoms with Crippen LogP contribution in [0.3, 0.4) is 0 Å². The van der Waals surface area contributed by atoms with E-state index in [2.05, 4.69) is 52.0 Å². The van der Waals surface area contributed by atoms with Crippen molar-refractivity contribution in [2.75, 3.05) is 0 Å². The fourth-order valence-electron chi connectivity index (χ4n) is 4.68. The van der Waals surface area contributed by atoms with Crippen LogP contribution in [0.25, 0.3) is 61.6 Å². The van der Waals surface area contributed by atoms with Gasteiger partial charge >= 0.3 is 0 Å². The summed E-state index contributed by atoms with van der Waals surface area (Å²) in [7, 11) is 0. The van der Waals surface area contributed by atoms with Crippen LogP contribution in [0.5, 0.6) is 0 Å². The predicted octanol–water partition coefficient (Wildman–Crippen LogP) is 7.36. The summed E-state index contributed by atoms with van der Waals surface area (Å²) in [4.78, 5) is 14.7. The van der Waals surface area contributed by atoms with E-state index in [1.807, 2.05) is 67.6 Å². The molecule has 4 heterocycles. The molecule has 3 aromatic carbocycles. The van der Waals surface area contributed by atoms with Crippen molar-refractivity contribution in [1.82, 2.24) is 19.5 Å². The zero-order valence-electron chi connectivity index (χ0n) is 19.0. The van der Waals surface area contributed by atoms with Gasteiger partial charge in [-0.2, -0.15) is 0 Å². The molecule has 0 aliphatic rings. The highest BCUT2D eigenvalue weighted by molar-refractivity contribution is 6.08. The third-order valence-electron chi connectivity index (χ3n) is 6.33. The van der Waals surface area contributed by atoms with Crippen LogP contribution >= 0.6 is 0 Å². The average molecular weight is 453 g/mol. The van der Waals surface area contributed by atoms with Crippen molar-refractivity contribution in [2.45, 2.75) is 6.92 Å². The Morgan fingerprint density at radius 1 is 0.657 bits per heavy atom. The highest BCUT2D eigenvalue weighted by Gasteiger charge is 2.21. The quantitative estimate of drug-likeness (QED) is 0.281. The number of para-hydroxylation sites is 2. The number of aromatic nitrogens is 4. The van der Waals surface area contributed by atoms with Gasteiger partial charge in [0.25, 0.3) is 0 Å². The number of fused-ring (bicyclic) bond motifs is 4. The molecule has 5 heteroatoms. The molecule has 0 saturated heterocycles. The molecule has 35 heavy (non-hydrogen) atoms. The monoisotopic (exact) mass is 452 g/mol. The lowest BCUT2D eigenvalue weighted by Crippen LogP contribution is -1.99. The zero-order valence-corrected chi connectivity index (χ0v) is 19.0. The van der Waals surface area contributed by atoms with Gasteiger partial charge in [-0.3, -0.25) is 4.57 Å². The van der Waals surface area contributed by atoms with Gasteiger partial charge in [0.1, 0.15) is 11.1 Å². The maximum atomic E-state index is 6.31. The molecule has 166 valence electrons. The van der Waals surface area contributed by atoms with Crippen LogP contribution in [0.4, 0.5) is 0 Å². The Bertz CT molecular complexity index is 1850. The number of imidazole rings is 1. The number of benzene rings is 3. The van der Waals surface area contributed by atoms with Crippen LogP contribution in [0.15, 0.2) is 108 Å². The molecular formula is C30H20N4O. The van der Waals surface area contributed by atoms with Crippen molar-refractivity contribution in [3.63, 3.8) is 0 Å². The minimum absolute atomic E-state index is 0.638. The van der Waals surface area contributed by atoms with E-state index in [9.17, 15) is 0 Å². The molecule has 0 amide bonds. The van der Waals surface area contributed by atoms with Gasteiger partial charge in [0.2, 0.25) is 5.71 Å². The van der Waals surface area contributed by atoms with Crippen LogP contribution in [0.1, 0.15) is 5.69 Å². The van der Waals surface area contributed by atoms with Crippen LogP contribution in [-0.4, -0.2) is 19.5 Å². The fraction of sp³-hybridized carbons (Fsp3) is 0.0333. The molecule has 0 unspecified atom stereocenters. The van der Waals surface area contributed by atoms with E-state index in [4.69, 9.17) is 14.4 Å². The van der Waals surface area contributed by atoms with Gasteiger partial charge in [-0.05, 0) is 49.4 Å². The number of rotatable bonds is 3. The third-order valence-corrected chi connectivity index (χ3v) is 6.33. The largest absolute Gasteiger partial charge is 0.437 e. The molecule has 0 fully saturated rings. The molecule has 0 bridgehead atoms. The van der Waals surface area contributed by atoms with Crippen molar-refractivity contribution in [1.29, 1.82) is 0 Å². The molecule has 0 radical (unpaired) electrons. The summed E-state index contributed by atoms with van der Waals surface area (Å²) in [5.74, 6) is 0.783. The van der Waals surface area contributed by atoms with Crippen molar-refractivity contribution >= 4 is 33.2 Å². The minimum atomic E-state index is 0.638. The Labute approximate surface area is 201 Å². The molecule has 7 aromatic rings. The average Bonchev–Trinajstić information content (AvgIpc) is 3.47. The second kappa shape index (κ2) is 7.64. The maximum Gasteiger partial charge on any atom is 0.227 e. The summed E-state index contributed by atoms with van der Waals surface area (Å²) < 4.78 is 8.43. The molecule has 5 nitrogen and oxygen atoms in total. The Balaban J connectivity index is 1.55. The van der Waals surface area contributed by atoms with E-state index in [1.165, 1.54) is 0 Å². The number of pyridine rings is 2. The van der Waals surface area contributed by atoms with E-state index in [0.29, 0.717) is 5.71 Å². The van der Waals surface area contributed by atoms with Crippen molar-refractivity contribution in [2.24, 2.45) is 0 Å². The topological polar surface area (TPSA) is 56.7 Å². The summed E-state index contributed by atoms with van der Waals surface area (Å²) in [6.45, 7) is 1.97. The minimum Gasteiger partial charge on any atom is -0.437 e. The van der Waals surface area contributed by atoms with Gasteiger partial charge in [0.05, 0.1) is 11.3 Å². The Kier molecular flexibility index (Phi) is 4.29. The highest BCUT2D eigenvalue weighted by Crippen LogP contribution is 2.37. The summed E-state index contributed by atoms with van der Waals surface area (Å²) in [6, 6.07) is 34.7. The standard InChI is InChI=1S/C30H20N4O/c1-19-15-16-23-22-13-8-14-24(27(22)35-30(23)31-19)28-33-26-18-17-25(20-9-4-2-5-10-20)32-29(26)34(28)21-11-6-3-7-12-21/h2-18H,1H3. The lowest BCUT2D eigenvalue weighted by Gasteiger charge is -2.10. The van der Waals surface area contributed by atoms with E-state index in [0.717, 1.165) is 61.5 Å². The fourth-order valence-corrected chi connectivity index (χ4v) is 4.68. The van der Waals surface area contributed by atoms with Crippen molar-refractivity contribution < 1.29 is 4.42 Å². The summed E-state index contributed by atoms with van der Waals surface area (Å²) in [5.41, 5.74) is 7.83. The van der Waals surface area contributed by atoms with Gasteiger partial charge in [-0.25, -0.2) is 15.0 Å². The van der Waals surface area contributed by atoms with Gasteiger partial charge in [-0.1, -0.05) is 60.7 Å². The van der Waals surface area contributed by atoms with Gasteiger partial charge in [0, 0.05) is 27.7 Å². The lowest BCUT2D eigenvalue weighted by molar-refractivity contribution is 0.653. The number of hydrogen-bond acceptors (Lipinski definition) is 4. The third kappa shape index (κ3) is 3.13. The summed E-state index contributed by atoms with van der Waals surface area (Å²) in [5, 5.41) is 2.02. The molecule has 0 spiro atoms. The number of aryl methyl sites for hydroxylation is 1. The second-order valence-corrected chi connectivity index (χ2v) is 8.60. The molecule has 0 saturated carbocycles. The van der Waals surface area contributed by atoms with Crippen molar-refractivity contribution in [3.05, 3.63) is 109 Å². The van der Waals surface area contributed by atoms with Gasteiger partial charge < -0.3 is 4.42 Å². The molecular weight excluding hydrogens is 432 g/mol. The van der Waals surface area contributed by atoms with Crippen LogP contribution in [-0.2, 0) is 0 Å². The van der Waals surface area contributed by atoms with Gasteiger partial charge in [0.15, 0.2) is 11.5 Å². The molecule has 0 aliphatic heterocycles. The second-order valence-electron chi connectivity index (χ2n) is 8.60. The SMILES string of the molecule is Cc1ccc2c(n1)oc1c(-c3nc4ccc(-c5ccccc5)nc4n3-c3ccccc3)cccc12. The van der Waals surface area contributed by atoms with Crippen LogP contribution < -0.4 is 0 Å². The van der Waals surface area contributed by atoms with Crippen molar-refractivity contribution in [3.8, 4) is 28.3 Å². The highest BCUT2D eigenvalue weighted by atomic mass is 16.3. The predicted molar refractivity (Wildman–Crippen MR) is 140 cm³/mol. The van der Waals surface area contributed by atoms with E-state index in [-0.39, 0.29) is 0 Å². The molecule has 0 N–H and O–H groups in total. The zero-order chi connectivity index (χ0) is 23.4. The first kappa shape index (κ1) is 19.7. The van der Waals surface area contributed by atoms with Crippen LogP contribution in [0.2, 0.25) is 0 Å².